The molecule has 3 aliphatic rings. The van der Waals surface area contributed by atoms with Crippen molar-refractivity contribution >= 4 is 5.95 Å². The molecule has 4 atom stereocenters. The maximum atomic E-state index is 4.75. The molecular formula is C15H25N5. The highest BCUT2D eigenvalue weighted by atomic mass is 15.4. The highest BCUT2D eigenvalue weighted by Crippen LogP contribution is 2.49. The minimum Gasteiger partial charge on any atom is -0.337 e. The van der Waals surface area contributed by atoms with Crippen molar-refractivity contribution in [2.75, 3.05) is 24.5 Å². The van der Waals surface area contributed by atoms with Crippen LogP contribution in [0.25, 0.3) is 0 Å². The maximum Gasteiger partial charge on any atom is 0.244 e. The highest BCUT2D eigenvalue weighted by Gasteiger charge is 2.39. The Kier molecular flexibility index (Phi) is 3.17. The van der Waals surface area contributed by atoms with Gasteiger partial charge in [0.15, 0.2) is 0 Å². The van der Waals surface area contributed by atoms with E-state index in [-0.39, 0.29) is 0 Å². The summed E-state index contributed by atoms with van der Waals surface area (Å²) in [5.41, 5.74) is 0. The first kappa shape index (κ1) is 12.6. The van der Waals surface area contributed by atoms with Gasteiger partial charge < -0.3 is 10.2 Å². The first-order valence-corrected chi connectivity index (χ1v) is 8.17. The molecule has 5 heteroatoms. The predicted molar refractivity (Wildman–Crippen MR) is 78.7 cm³/mol. The lowest BCUT2D eigenvalue weighted by Gasteiger charge is -2.30. The molecule has 2 aliphatic carbocycles. The average molecular weight is 275 g/mol. The van der Waals surface area contributed by atoms with Crippen LogP contribution >= 0.6 is 0 Å². The van der Waals surface area contributed by atoms with Gasteiger partial charge in [-0.15, -0.1) is 5.10 Å². The number of nitrogens with one attached hydrogen (secondary N) is 2. The summed E-state index contributed by atoms with van der Waals surface area (Å²) < 4.78 is 0. The Morgan fingerprint density at radius 3 is 3.00 bits per heavy atom. The van der Waals surface area contributed by atoms with E-state index < -0.39 is 0 Å². The molecule has 0 amide bonds. The van der Waals surface area contributed by atoms with Gasteiger partial charge in [-0.3, -0.25) is 5.10 Å². The summed E-state index contributed by atoms with van der Waals surface area (Å²) in [5.74, 6) is 4.84. The van der Waals surface area contributed by atoms with E-state index in [1.165, 1.54) is 25.7 Å². The molecule has 1 aromatic heterocycles. The summed E-state index contributed by atoms with van der Waals surface area (Å²) in [5, 5.41) is 11.1. The van der Waals surface area contributed by atoms with E-state index in [2.05, 4.69) is 27.3 Å². The maximum absolute atomic E-state index is 4.75. The summed E-state index contributed by atoms with van der Waals surface area (Å²) in [7, 11) is 0. The van der Waals surface area contributed by atoms with Gasteiger partial charge in [0.25, 0.3) is 0 Å². The zero-order valence-electron chi connectivity index (χ0n) is 12.3. The quantitative estimate of drug-likeness (QED) is 0.879. The molecule has 3 fully saturated rings. The fourth-order valence-electron chi connectivity index (χ4n) is 4.51. The number of nitrogens with zero attached hydrogens (tertiary/aromatic N) is 3. The SMILES string of the molecule is C[C@H]1CN(c2n[nH]c(CC3CC4CCC3C4)n2)CCN1. The summed E-state index contributed by atoms with van der Waals surface area (Å²) in [6.45, 7) is 5.26. The average Bonchev–Trinajstić information content (AvgIpc) is 3.14. The minimum absolute atomic E-state index is 0.524. The number of piperazine rings is 1. The third kappa shape index (κ3) is 2.32. The lowest BCUT2D eigenvalue weighted by atomic mass is 9.86. The van der Waals surface area contributed by atoms with Crippen LogP contribution in [0.3, 0.4) is 0 Å². The molecule has 0 spiro atoms. The lowest BCUT2D eigenvalue weighted by Crippen LogP contribution is -2.49. The largest absolute Gasteiger partial charge is 0.337 e. The van der Waals surface area contributed by atoms with Gasteiger partial charge in [0.05, 0.1) is 0 Å². The van der Waals surface area contributed by atoms with Crippen molar-refractivity contribution in [3.8, 4) is 0 Å². The Labute approximate surface area is 120 Å². The molecule has 4 rings (SSSR count). The van der Waals surface area contributed by atoms with Crippen LogP contribution in [0.15, 0.2) is 0 Å². The van der Waals surface area contributed by atoms with Gasteiger partial charge >= 0.3 is 0 Å². The van der Waals surface area contributed by atoms with Gasteiger partial charge in [0.1, 0.15) is 5.82 Å². The molecule has 2 saturated carbocycles. The van der Waals surface area contributed by atoms with Crippen LogP contribution in [0.4, 0.5) is 5.95 Å². The Bertz CT molecular complexity index is 471. The van der Waals surface area contributed by atoms with Gasteiger partial charge in [-0.2, -0.15) is 4.98 Å². The molecule has 0 aromatic carbocycles. The zero-order valence-corrected chi connectivity index (χ0v) is 12.3. The topological polar surface area (TPSA) is 56.8 Å². The standard InChI is InChI=1S/C15H25N5/c1-10-9-20(5-4-16-10)15-17-14(18-19-15)8-13-7-11-2-3-12(13)6-11/h10-13,16H,2-9H2,1H3,(H,17,18,19)/t10-,11?,12?,13?/m0/s1. The Balaban J connectivity index is 1.40. The Hall–Kier alpha value is -1.10. The molecule has 0 radical (unpaired) electrons. The first-order chi connectivity index (χ1) is 9.78. The molecule has 2 heterocycles. The predicted octanol–water partition coefficient (Wildman–Crippen LogP) is 1.58. The monoisotopic (exact) mass is 275 g/mol. The highest BCUT2D eigenvalue weighted by molar-refractivity contribution is 5.30. The van der Waals surface area contributed by atoms with Crippen molar-refractivity contribution in [3.05, 3.63) is 5.82 Å². The van der Waals surface area contributed by atoms with Crippen molar-refractivity contribution < 1.29 is 0 Å². The van der Waals surface area contributed by atoms with Gasteiger partial charge in [-0.1, -0.05) is 6.42 Å². The van der Waals surface area contributed by atoms with Crippen LogP contribution in [-0.4, -0.2) is 40.9 Å². The van der Waals surface area contributed by atoms with Crippen LogP contribution in [0, 0.1) is 17.8 Å². The van der Waals surface area contributed by atoms with E-state index in [9.17, 15) is 0 Å². The molecule has 3 unspecified atom stereocenters. The van der Waals surface area contributed by atoms with Crippen LogP contribution in [0.1, 0.15) is 38.4 Å². The normalized spacial score (nSPS) is 36.8. The van der Waals surface area contributed by atoms with Crippen molar-refractivity contribution in [2.24, 2.45) is 17.8 Å². The summed E-state index contributed by atoms with van der Waals surface area (Å²) in [6.07, 6.45) is 6.93. The van der Waals surface area contributed by atoms with Gasteiger partial charge in [-0.05, 0) is 43.9 Å². The zero-order chi connectivity index (χ0) is 13.5. The number of hydrogen-bond acceptors (Lipinski definition) is 4. The number of aromatic amines is 1. The summed E-state index contributed by atoms with van der Waals surface area (Å²) in [4.78, 5) is 7.04. The molecule has 1 aliphatic heterocycles. The van der Waals surface area contributed by atoms with Gasteiger partial charge in [0.2, 0.25) is 5.95 Å². The van der Waals surface area contributed by atoms with E-state index in [0.717, 1.165) is 55.6 Å². The fourth-order valence-corrected chi connectivity index (χ4v) is 4.51. The number of fused-ring (bicyclic) bond motifs is 2. The second-order valence-corrected chi connectivity index (χ2v) is 7.02. The summed E-state index contributed by atoms with van der Waals surface area (Å²) in [6, 6.07) is 0.524. The number of rotatable bonds is 3. The van der Waals surface area contributed by atoms with E-state index in [0.29, 0.717) is 6.04 Å². The minimum atomic E-state index is 0.524. The van der Waals surface area contributed by atoms with E-state index in [1.807, 2.05) is 0 Å². The number of hydrogen-bond donors (Lipinski definition) is 2. The second kappa shape index (κ2) is 5.02. The van der Waals surface area contributed by atoms with Crippen LogP contribution < -0.4 is 10.2 Å². The first-order valence-electron chi connectivity index (χ1n) is 8.17. The van der Waals surface area contributed by atoms with Gasteiger partial charge in [0, 0.05) is 32.1 Å². The van der Waals surface area contributed by atoms with Crippen molar-refractivity contribution in [1.29, 1.82) is 0 Å². The van der Waals surface area contributed by atoms with E-state index in [4.69, 9.17) is 4.98 Å². The van der Waals surface area contributed by atoms with E-state index >= 15 is 0 Å². The molecule has 2 bridgehead atoms. The third-order valence-corrected chi connectivity index (χ3v) is 5.51. The number of H-pyrrole nitrogens is 1. The summed E-state index contributed by atoms with van der Waals surface area (Å²) >= 11 is 0. The van der Waals surface area contributed by atoms with Gasteiger partial charge in [-0.25, -0.2) is 0 Å². The van der Waals surface area contributed by atoms with Crippen molar-refractivity contribution in [3.63, 3.8) is 0 Å². The Morgan fingerprint density at radius 1 is 1.30 bits per heavy atom. The molecule has 5 nitrogen and oxygen atoms in total. The molecular weight excluding hydrogens is 250 g/mol. The lowest BCUT2D eigenvalue weighted by molar-refractivity contribution is 0.327. The Morgan fingerprint density at radius 2 is 2.25 bits per heavy atom. The number of anilines is 1. The van der Waals surface area contributed by atoms with E-state index in [1.54, 1.807) is 0 Å². The molecule has 1 saturated heterocycles. The van der Waals surface area contributed by atoms with Crippen LogP contribution in [-0.2, 0) is 6.42 Å². The molecule has 110 valence electrons. The van der Waals surface area contributed by atoms with Crippen molar-refractivity contribution in [2.45, 2.75) is 45.1 Å². The number of aromatic nitrogens is 3. The van der Waals surface area contributed by atoms with Crippen LogP contribution in [0.2, 0.25) is 0 Å². The molecule has 2 N–H and O–H groups in total. The second-order valence-electron chi connectivity index (χ2n) is 7.02. The molecule has 1 aromatic rings. The smallest absolute Gasteiger partial charge is 0.244 e. The van der Waals surface area contributed by atoms with Crippen LogP contribution in [0.5, 0.6) is 0 Å². The fraction of sp³-hybridized carbons (Fsp3) is 0.867. The molecule has 20 heavy (non-hydrogen) atoms. The third-order valence-electron chi connectivity index (χ3n) is 5.51. The van der Waals surface area contributed by atoms with Crippen molar-refractivity contribution in [1.82, 2.24) is 20.5 Å².